The van der Waals surface area contributed by atoms with Crippen LogP contribution < -0.4 is 16.0 Å². The van der Waals surface area contributed by atoms with Gasteiger partial charge < -0.3 is 20.7 Å². The van der Waals surface area contributed by atoms with Crippen molar-refractivity contribution in [3.63, 3.8) is 0 Å². The molecule has 1 saturated heterocycles. The number of nitrogens with one attached hydrogen (secondary N) is 3. The van der Waals surface area contributed by atoms with Gasteiger partial charge in [-0.15, -0.1) is 11.6 Å². The third-order valence-corrected chi connectivity index (χ3v) is 9.22. The molecule has 1 spiro atoms. The van der Waals surface area contributed by atoms with Crippen LogP contribution in [0.2, 0.25) is 5.02 Å². The van der Waals surface area contributed by atoms with Crippen LogP contribution in [-0.2, 0) is 25.7 Å². The molecule has 1 aliphatic heterocycles. The smallest absolute Gasteiger partial charge is 0.408 e. The number of amides is 3. The minimum absolute atomic E-state index is 0.00998. The van der Waals surface area contributed by atoms with E-state index in [-0.39, 0.29) is 48.0 Å². The Kier molecular flexibility index (Phi) is 11.1. The third-order valence-electron chi connectivity index (χ3n) is 8.73. The van der Waals surface area contributed by atoms with Crippen LogP contribution in [0.4, 0.5) is 4.79 Å². The van der Waals surface area contributed by atoms with Crippen molar-refractivity contribution < 1.29 is 23.9 Å². The summed E-state index contributed by atoms with van der Waals surface area (Å²) in [4.78, 5) is 52.0. The van der Waals surface area contributed by atoms with E-state index >= 15 is 0 Å². The van der Waals surface area contributed by atoms with Gasteiger partial charge in [0.05, 0.1) is 11.9 Å². The highest BCUT2D eigenvalue weighted by molar-refractivity contribution is 6.30. The molecule has 3 aliphatic rings. The van der Waals surface area contributed by atoms with Crippen LogP contribution in [0.1, 0.15) is 89.0 Å². The number of benzene rings is 1. The zero-order valence-electron chi connectivity index (χ0n) is 23.0. The Morgan fingerprint density at radius 1 is 1.00 bits per heavy atom. The first-order valence-electron chi connectivity index (χ1n) is 14.7. The summed E-state index contributed by atoms with van der Waals surface area (Å²) in [7, 11) is 0. The minimum atomic E-state index is -0.905. The zero-order valence-corrected chi connectivity index (χ0v) is 24.5. The molecule has 2 saturated carbocycles. The molecule has 220 valence electrons. The Morgan fingerprint density at radius 2 is 1.73 bits per heavy atom. The SMILES string of the molecule is O=C(N[C@@H](CC1CCCCC1)C(=O)NC(CC1CC2(CCCCC2)NC1=O)C(=O)CCl)OCc1cccc(Cl)c1. The number of rotatable bonds is 11. The van der Waals surface area contributed by atoms with E-state index in [1.807, 2.05) is 0 Å². The molecule has 40 heavy (non-hydrogen) atoms. The van der Waals surface area contributed by atoms with Gasteiger partial charge in [-0.3, -0.25) is 14.4 Å². The molecule has 3 fully saturated rings. The van der Waals surface area contributed by atoms with Gasteiger partial charge in [0, 0.05) is 16.5 Å². The molecule has 10 heteroatoms. The quantitative estimate of drug-likeness (QED) is 0.296. The van der Waals surface area contributed by atoms with Crippen LogP contribution in [0, 0.1) is 11.8 Å². The van der Waals surface area contributed by atoms with Crippen LogP contribution >= 0.6 is 23.2 Å². The lowest BCUT2D eigenvalue weighted by atomic mass is 9.78. The lowest BCUT2D eigenvalue weighted by molar-refractivity contribution is -0.129. The fraction of sp³-hybridized carbons (Fsp3) is 0.667. The zero-order chi connectivity index (χ0) is 28.5. The van der Waals surface area contributed by atoms with Crippen molar-refractivity contribution in [1.82, 2.24) is 16.0 Å². The highest BCUT2D eigenvalue weighted by atomic mass is 35.5. The van der Waals surface area contributed by atoms with E-state index < -0.39 is 24.1 Å². The summed E-state index contributed by atoms with van der Waals surface area (Å²) in [5.74, 6) is -1.22. The topological polar surface area (TPSA) is 114 Å². The number of alkyl carbamates (subject to hydrolysis) is 1. The summed E-state index contributed by atoms with van der Waals surface area (Å²) < 4.78 is 5.38. The average molecular weight is 595 g/mol. The van der Waals surface area contributed by atoms with E-state index in [2.05, 4.69) is 16.0 Å². The molecule has 1 aromatic carbocycles. The number of hydrogen-bond donors (Lipinski definition) is 3. The van der Waals surface area contributed by atoms with Crippen molar-refractivity contribution in [2.75, 3.05) is 5.88 Å². The standard InChI is InChI=1S/C30H41Cl2N3O5/c31-18-26(36)24(16-22-17-30(35-27(22)37)12-5-2-6-13-30)33-28(38)25(15-20-8-3-1-4-9-20)34-29(39)40-19-21-10-7-11-23(32)14-21/h7,10-11,14,20,22,24-25H,1-6,8-9,12-13,15-19H2,(H,33,38)(H,34,39)(H,35,37)/t22?,24?,25-/m0/s1. The Hall–Kier alpha value is -2.32. The number of Topliss-reactive ketones (excluding diaryl/α,β-unsaturated/α-hetero) is 1. The first-order chi connectivity index (χ1) is 19.3. The molecule has 3 amide bonds. The molecule has 1 aromatic rings. The molecule has 3 N–H and O–H groups in total. The van der Waals surface area contributed by atoms with E-state index in [0.29, 0.717) is 17.9 Å². The molecule has 0 bridgehead atoms. The third kappa shape index (κ3) is 8.59. The van der Waals surface area contributed by atoms with Gasteiger partial charge in [-0.1, -0.05) is 75.1 Å². The highest BCUT2D eigenvalue weighted by Gasteiger charge is 2.45. The molecule has 8 nitrogen and oxygen atoms in total. The van der Waals surface area contributed by atoms with Gasteiger partial charge in [0.1, 0.15) is 12.6 Å². The van der Waals surface area contributed by atoms with Gasteiger partial charge in [0.25, 0.3) is 0 Å². The second-order valence-electron chi connectivity index (χ2n) is 11.8. The molecule has 2 unspecified atom stereocenters. The summed E-state index contributed by atoms with van der Waals surface area (Å²) in [6, 6.07) is 5.23. The number of carbonyl (C=O) groups is 4. The lowest BCUT2D eigenvalue weighted by Crippen LogP contribution is -2.53. The second kappa shape index (κ2) is 14.5. The van der Waals surface area contributed by atoms with Crippen molar-refractivity contribution in [2.24, 2.45) is 11.8 Å². The molecule has 4 rings (SSSR count). The van der Waals surface area contributed by atoms with Gasteiger partial charge in [-0.05, 0) is 55.7 Å². The van der Waals surface area contributed by atoms with Gasteiger partial charge in [-0.2, -0.15) is 0 Å². The predicted molar refractivity (Wildman–Crippen MR) is 154 cm³/mol. The number of carbonyl (C=O) groups excluding carboxylic acids is 4. The van der Waals surface area contributed by atoms with Crippen LogP contribution in [0.25, 0.3) is 0 Å². The maximum atomic E-state index is 13.6. The first kappa shape index (κ1) is 30.6. The van der Waals surface area contributed by atoms with Crippen LogP contribution in [0.15, 0.2) is 24.3 Å². The van der Waals surface area contributed by atoms with Gasteiger partial charge in [0.15, 0.2) is 5.78 Å². The highest BCUT2D eigenvalue weighted by Crippen LogP contribution is 2.39. The largest absolute Gasteiger partial charge is 0.445 e. The van der Waals surface area contributed by atoms with E-state index in [4.69, 9.17) is 27.9 Å². The fourth-order valence-corrected chi connectivity index (χ4v) is 6.99. The van der Waals surface area contributed by atoms with Crippen molar-refractivity contribution in [2.45, 2.75) is 108 Å². The van der Waals surface area contributed by atoms with E-state index in [1.165, 1.54) is 12.8 Å². The summed E-state index contributed by atoms with van der Waals surface area (Å²) in [6.45, 7) is 0.00998. The van der Waals surface area contributed by atoms with Crippen molar-refractivity contribution in [3.05, 3.63) is 34.9 Å². The van der Waals surface area contributed by atoms with Crippen LogP contribution in [0.3, 0.4) is 0 Å². The summed E-state index contributed by atoms with van der Waals surface area (Å²) in [5.41, 5.74) is 0.533. The average Bonchev–Trinajstić information content (AvgIpc) is 3.24. The van der Waals surface area contributed by atoms with Gasteiger partial charge >= 0.3 is 6.09 Å². The van der Waals surface area contributed by atoms with Crippen molar-refractivity contribution in [3.8, 4) is 0 Å². The van der Waals surface area contributed by atoms with Gasteiger partial charge in [0.2, 0.25) is 11.8 Å². The first-order valence-corrected chi connectivity index (χ1v) is 15.6. The summed E-state index contributed by atoms with van der Waals surface area (Å²) in [6.07, 6.45) is 11.1. The molecule has 0 aromatic heterocycles. The number of halogens is 2. The molecular weight excluding hydrogens is 553 g/mol. The molecule has 2 aliphatic carbocycles. The number of hydrogen-bond acceptors (Lipinski definition) is 5. The van der Waals surface area contributed by atoms with Crippen LogP contribution in [-0.4, -0.2) is 47.2 Å². The maximum Gasteiger partial charge on any atom is 0.408 e. The van der Waals surface area contributed by atoms with Crippen molar-refractivity contribution >= 4 is 46.9 Å². The Morgan fingerprint density at radius 3 is 2.42 bits per heavy atom. The minimum Gasteiger partial charge on any atom is -0.445 e. The number of ketones is 1. The van der Waals surface area contributed by atoms with E-state index in [9.17, 15) is 19.2 Å². The maximum absolute atomic E-state index is 13.6. The Bertz CT molecular complexity index is 1060. The number of ether oxygens (including phenoxy) is 1. The predicted octanol–water partition coefficient (Wildman–Crippen LogP) is 5.43. The van der Waals surface area contributed by atoms with E-state index in [1.54, 1.807) is 24.3 Å². The van der Waals surface area contributed by atoms with E-state index in [0.717, 1.165) is 56.9 Å². The molecule has 3 atom stereocenters. The Labute approximate surface area is 246 Å². The van der Waals surface area contributed by atoms with Crippen LogP contribution in [0.5, 0.6) is 0 Å². The Balaban J connectivity index is 1.40. The summed E-state index contributed by atoms with van der Waals surface area (Å²) >= 11 is 11.9. The molecule has 1 heterocycles. The second-order valence-corrected chi connectivity index (χ2v) is 12.5. The molecule has 0 radical (unpaired) electrons. The normalized spacial score (nSPS) is 22.2. The lowest BCUT2D eigenvalue weighted by Gasteiger charge is -2.33. The summed E-state index contributed by atoms with van der Waals surface area (Å²) in [5, 5.41) is 9.30. The monoisotopic (exact) mass is 593 g/mol. The number of alkyl halides is 1. The van der Waals surface area contributed by atoms with Crippen molar-refractivity contribution in [1.29, 1.82) is 0 Å². The van der Waals surface area contributed by atoms with Gasteiger partial charge in [-0.25, -0.2) is 4.79 Å². The fourth-order valence-electron chi connectivity index (χ4n) is 6.59. The molecular formula is C30H41Cl2N3O5.